The van der Waals surface area contributed by atoms with E-state index in [2.05, 4.69) is 6.92 Å². The molecule has 0 amide bonds. The lowest BCUT2D eigenvalue weighted by Gasteiger charge is -2.05. The first-order valence-corrected chi connectivity index (χ1v) is 9.03. The minimum atomic E-state index is 0.0388. The van der Waals surface area contributed by atoms with E-state index < -0.39 is 0 Å². The highest BCUT2D eigenvalue weighted by Gasteiger charge is 2.22. The number of aromatic nitrogens is 2. The first-order valence-electron chi connectivity index (χ1n) is 8.22. The SMILES string of the molecule is CCc1cc2c(=O)n3c(nc2s1)/C(=C\c1ccc(OC)c(O)c1)CC3. The van der Waals surface area contributed by atoms with Crippen LogP contribution in [0.15, 0.2) is 29.1 Å². The molecule has 5 nitrogen and oxygen atoms in total. The number of rotatable bonds is 3. The average molecular weight is 354 g/mol. The number of allylic oxidation sites excluding steroid dienone is 1. The molecule has 0 unspecified atom stereocenters. The number of ether oxygens (including phenoxy) is 1. The number of phenolic OH excluding ortho intramolecular Hbond substituents is 1. The van der Waals surface area contributed by atoms with Gasteiger partial charge in [0.05, 0.1) is 12.5 Å². The molecular weight excluding hydrogens is 336 g/mol. The number of benzene rings is 1. The Morgan fingerprint density at radius 2 is 2.24 bits per heavy atom. The number of methoxy groups -OCH3 is 1. The van der Waals surface area contributed by atoms with Crippen molar-refractivity contribution >= 4 is 33.2 Å². The van der Waals surface area contributed by atoms with Gasteiger partial charge in [-0.1, -0.05) is 13.0 Å². The van der Waals surface area contributed by atoms with E-state index in [-0.39, 0.29) is 11.3 Å². The van der Waals surface area contributed by atoms with Gasteiger partial charge in [0.25, 0.3) is 5.56 Å². The van der Waals surface area contributed by atoms with Gasteiger partial charge in [0, 0.05) is 11.4 Å². The van der Waals surface area contributed by atoms with Gasteiger partial charge in [0.2, 0.25) is 0 Å². The summed E-state index contributed by atoms with van der Waals surface area (Å²) < 4.78 is 6.83. The number of phenols is 1. The maximum atomic E-state index is 12.7. The summed E-state index contributed by atoms with van der Waals surface area (Å²) >= 11 is 1.58. The smallest absolute Gasteiger partial charge is 0.262 e. The molecule has 1 N–H and O–H groups in total. The van der Waals surface area contributed by atoms with Gasteiger partial charge in [-0.3, -0.25) is 9.36 Å². The summed E-state index contributed by atoms with van der Waals surface area (Å²) in [6.07, 6.45) is 3.64. The lowest BCUT2D eigenvalue weighted by Crippen LogP contribution is -2.19. The third-order valence-electron chi connectivity index (χ3n) is 4.49. The number of nitrogens with zero attached hydrogens (tertiary/aromatic N) is 2. The lowest BCUT2D eigenvalue weighted by molar-refractivity contribution is 0.373. The molecule has 1 aromatic carbocycles. The quantitative estimate of drug-likeness (QED) is 0.779. The number of hydrogen-bond donors (Lipinski definition) is 1. The Balaban J connectivity index is 1.82. The van der Waals surface area contributed by atoms with Gasteiger partial charge >= 0.3 is 0 Å². The molecule has 0 saturated carbocycles. The zero-order valence-corrected chi connectivity index (χ0v) is 14.9. The summed E-state index contributed by atoms with van der Waals surface area (Å²) in [5.41, 5.74) is 1.91. The molecule has 0 radical (unpaired) electrons. The Morgan fingerprint density at radius 3 is 2.96 bits per heavy atom. The Bertz CT molecular complexity index is 1060. The second-order valence-electron chi connectivity index (χ2n) is 6.03. The van der Waals surface area contributed by atoms with Gasteiger partial charge in [0.1, 0.15) is 10.7 Å². The lowest BCUT2D eigenvalue weighted by atomic mass is 10.1. The highest BCUT2D eigenvalue weighted by molar-refractivity contribution is 7.18. The summed E-state index contributed by atoms with van der Waals surface area (Å²) in [7, 11) is 1.52. The maximum absolute atomic E-state index is 12.7. The van der Waals surface area contributed by atoms with Crippen LogP contribution in [-0.4, -0.2) is 21.8 Å². The van der Waals surface area contributed by atoms with Crippen molar-refractivity contribution in [3.8, 4) is 11.5 Å². The molecule has 1 aliphatic heterocycles. The minimum absolute atomic E-state index is 0.0388. The summed E-state index contributed by atoms with van der Waals surface area (Å²) in [5.74, 6) is 1.27. The predicted octanol–water partition coefficient (Wildman–Crippen LogP) is 3.68. The van der Waals surface area contributed by atoms with Gasteiger partial charge in [0.15, 0.2) is 11.5 Å². The van der Waals surface area contributed by atoms with Crippen LogP contribution in [0.3, 0.4) is 0 Å². The molecule has 128 valence electrons. The Morgan fingerprint density at radius 1 is 1.40 bits per heavy atom. The minimum Gasteiger partial charge on any atom is -0.504 e. The van der Waals surface area contributed by atoms with Crippen molar-refractivity contribution in [2.24, 2.45) is 0 Å². The van der Waals surface area contributed by atoms with Crippen LogP contribution in [0.1, 0.15) is 29.6 Å². The number of fused-ring (bicyclic) bond motifs is 2. The molecule has 2 aromatic heterocycles. The fourth-order valence-electron chi connectivity index (χ4n) is 3.17. The Kier molecular flexibility index (Phi) is 3.84. The van der Waals surface area contributed by atoms with E-state index in [0.717, 1.165) is 34.6 Å². The van der Waals surface area contributed by atoms with Crippen LogP contribution in [0, 0.1) is 0 Å². The zero-order chi connectivity index (χ0) is 17.6. The van der Waals surface area contributed by atoms with Crippen LogP contribution in [0.5, 0.6) is 11.5 Å². The largest absolute Gasteiger partial charge is 0.504 e. The fourth-order valence-corrected chi connectivity index (χ4v) is 4.13. The van der Waals surface area contributed by atoms with Crippen molar-refractivity contribution in [2.45, 2.75) is 26.3 Å². The topological polar surface area (TPSA) is 64.4 Å². The highest BCUT2D eigenvalue weighted by Crippen LogP contribution is 2.32. The van der Waals surface area contributed by atoms with Crippen LogP contribution in [0.25, 0.3) is 21.9 Å². The van der Waals surface area contributed by atoms with Gasteiger partial charge in [-0.05, 0) is 48.3 Å². The first-order chi connectivity index (χ1) is 12.1. The third kappa shape index (κ3) is 2.62. The molecule has 0 saturated heterocycles. The fraction of sp³-hybridized carbons (Fsp3) is 0.263. The average Bonchev–Trinajstić information content (AvgIpc) is 3.20. The molecule has 0 atom stereocenters. The monoisotopic (exact) mass is 354 g/mol. The van der Waals surface area contributed by atoms with E-state index in [1.165, 1.54) is 12.0 Å². The molecule has 3 heterocycles. The van der Waals surface area contributed by atoms with Crippen molar-refractivity contribution in [3.63, 3.8) is 0 Å². The molecule has 0 spiro atoms. The van der Waals surface area contributed by atoms with Crippen LogP contribution >= 0.6 is 11.3 Å². The molecule has 0 aliphatic carbocycles. The van der Waals surface area contributed by atoms with Crippen LogP contribution < -0.4 is 10.3 Å². The first kappa shape index (κ1) is 15.9. The van der Waals surface area contributed by atoms with Crippen molar-refractivity contribution in [3.05, 3.63) is 50.9 Å². The van der Waals surface area contributed by atoms with Crippen molar-refractivity contribution in [1.82, 2.24) is 9.55 Å². The van der Waals surface area contributed by atoms with E-state index in [1.807, 2.05) is 18.2 Å². The molecule has 25 heavy (non-hydrogen) atoms. The van der Waals surface area contributed by atoms with Crippen LogP contribution in [0.4, 0.5) is 0 Å². The second kappa shape index (κ2) is 6.04. The van der Waals surface area contributed by atoms with E-state index >= 15 is 0 Å². The van der Waals surface area contributed by atoms with Crippen molar-refractivity contribution in [1.29, 1.82) is 0 Å². The van der Waals surface area contributed by atoms with E-state index in [1.54, 1.807) is 28.0 Å². The van der Waals surface area contributed by atoms with Crippen molar-refractivity contribution < 1.29 is 9.84 Å². The zero-order valence-electron chi connectivity index (χ0n) is 14.1. The molecule has 4 rings (SSSR count). The molecule has 6 heteroatoms. The van der Waals surface area contributed by atoms with Crippen LogP contribution in [0.2, 0.25) is 0 Å². The number of thiophene rings is 1. The van der Waals surface area contributed by atoms with Crippen LogP contribution in [-0.2, 0) is 13.0 Å². The van der Waals surface area contributed by atoms with Gasteiger partial charge in [-0.15, -0.1) is 11.3 Å². The highest BCUT2D eigenvalue weighted by atomic mass is 32.1. The second-order valence-corrected chi connectivity index (χ2v) is 7.14. The number of aromatic hydroxyl groups is 1. The summed E-state index contributed by atoms with van der Waals surface area (Å²) in [6.45, 7) is 2.72. The van der Waals surface area contributed by atoms with Gasteiger partial charge < -0.3 is 9.84 Å². The summed E-state index contributed by atoms with van der Waals surface area (Å²) in [6, 6.07) is 7.23. The third-order valence-corrected chi connectivity index (χ3v) is 5.66. The Labute approximate surface area is 148 Å². The number of hydrogen-bond acceptors (Lipinski definition) is 5. The van der Waals surface area contributed by atoms with Gasteiger partial charge in [-0.25, -0.2) is 4.98 Å². The molecule has 1 aliphatic rings. The number of aryl methyl sites for hydroxylation is 1. The predicted molar refractivity (Wildman–Crippen MR) is 100 cm³/mol. The van der Waals surface area contributed by atoms with Crippen molar-refractivity contribution in [2.75, 3.05) is 7.11 Å². The molecule has 0 bridgehead atoms. The molecular formula is C19H18N2O3S. The maximum Gasteiger partial charge on any atom is 0.262 e. The summed E-state index contributed by atoms with van der Waals surface area (Å²) in [5, 5.41) is 10.7. The Hall–Kier alpha value is -2.60. The standard InChI is InChI=1S/C19H18N2O3S/c1-3-13-10-14-18(25-13)20-17-12(6-7-21(17)19(14)23)8-11-4-5-16(24-2)15(22)9-11/h4-5,8-10,22H,3,6-7H2,1-2H3/b12-8-. The normalized spacial score (nSPS) is 15.0. The van der Waals surface area contributed by atoms with E-state index in [4.69, 9.17) is 9.72 Å². The van der Waals surface area contributed by atoms with E-state index in [0.29, 0.717) is 17.7 Å². The summed E-state index contributed by atoms with van der Waals surface area (Å²) in [4.78, 5) is 19.5. The molecule has 3 aromatic rings. The molecule has 0 fully saturated rings. The van der Waals surface area contributed by atoms with Gasteiger partial charge in [-0.2, -0.15) is 0 Å². The van der Waals surface area contributed by atoms with E-state index in [9.17, 15) is 9.90 Å².